The van der Waals surface area contributed by atoms with Crippen LogP contribution in [-0.4, -0.2) is 18.1 Å². The zero-order valence-electron chi connectivity index (χ0n) is 12.1. The summed E-state index contributed by atoms with van der Waals surface area (Å²) in [5.41, 5.74) is 5.46. The number of nitrogens with zero attached hydrogens (tertiary/aromatic N) is 1. The highest BCUT2D eigenvalue weighted by atomic mass is 32.1. The van der Waals surface area contributed by atoms with Crippen LogP contribution in [0.5, 0.6) is 0 Å². The van der Waals surface area contributed by atoms with Gasteiger partial charge in [-0.3, -0.25) is 0 Å². The number of hydrogen-bond acceptors (Lipinski definition) is 5. The number of carbonyl (C=O) groups excluding carboxylic acids is 1. The van der Waals surface area contributed by atoms with Crippen molar-refractivity contribution in [2.45, 2.75) is 26.8 Å². The fraction of sp³-hybridized carbons (Fsp3) is 0.333. The van der Waals surface area contributed by atoms with E-state index in [0.717, 1.165) is 16.9 Å². The smallest absolute Gasteiger partial charge is 0.337 e. The summed E-state index contributed by atoms with van der Waals surface area (Å²) in [6, 6.07) is 5.67. The van der Waals surface area contributed by atoms with Crippen molar-refractivity contribution in [1.82, 2.24) is 4.98 Å². The Morgan fingerprint density at radius 1 is 1.40 bits per heavy atom. The molecule has 2 rings (SSSR count). The molecule has 106 valence electrons. The first kappa shape index (κ1) is 14.5. The summed E-state index contributed by atoms with van der Waals surface area (Å²) in [6.45, 7) is 6.10. The minimum atomic E-state index is -0.324. The number of anilines is 1. The van der Waals surface area contributed by atoms with Crippen LogP contribution in [0.25, 0.3) is 0 Å². The fourth-order valence-electron chi connectivity index (χ4n) is 2.05. The lowest BCUT2D eigenvalue weighted by molar-refractivity contribution is 0.0601. The Morgan fingerprint density at radius 3 is 2.75 bits per heavy atom. The lowest BCUT2D eigenvalue weighted by Crippen LogP contribution is -2.09. The van der Waals surface area contributed by atoms with Crippen LogP contribution in [0.15, 0.2) is 23.7 Å². The van der Waals surface area contributed by atoms with E-state index in [4.69, 9.17) is 4.74 Å². The SMILES string of the molecule is COC(=O)c1ccc(C)c(NC(C)c2scnc2C)c1. The Kier molecular flexibility index (Phi) is 4.39. The Balaban J connectivity index is 2.24. The zero-order chi connectivity index (χ0) is 14.7. The molecule has 1 aromatic carbocycles. The van der Waals surface area contributed by atoms with E-state index in [-0.39, 0.29) is 12.0 Å². The van der Waals surface area contributed by atoms with Crippen LogP contribution in [-0.2, 0) is 4.74 Å². The molecular formula is C15H18N2O2S. The number of thiazole rings is 1. The number of esters is 1. The van der Waals surface area contributed by atoms with Crippen molar-refractivity contribution in [2.24, 2.45) is 0 Å². The summed E-state index contributed by atoms with van der Waals surface area (Å²) in [5, 5.41) is 3.44. The number of aromatic nitrogens is 1. The molecule has 1 heterocycles. The van der Waals surface area contributed by atoms with Gasteiger partial charge in [-0.15, -0.1) is 11.3 Å². The maximum absolute atomic E-state index is 11.6. The summed E-state index contributed by atoms with van der Waals surface area (Å²) in [4.78, 5) is 17.1. The van der Waals surface area contributed by atoms with Crippen molar-refractivity contribution in [3.05, 3.63) is 45.4 Å². The molecule has 0 fully saturated rings. The second kappa shape index (κ2) is 6.05. The minimum absolute atomic E-state index is 0.147. The highest BCUT2D eigenvalue weighted by Gasteiger charge is 2.13. The first-order valence-electron chi connectivity index (χ1n) is 6.38. The molecule has 1 atom stereocenters. The summed E-state index contributed by atoms with van der Waals surface area (Å²) < 4.78 is 4.75. The van der Waals surface area contributed by atoms with Crippen molar-refractivity contribution >= 4 is 23.0 Å². The molecule has 1 unspecified atom stereocenters. The van der Waals surface area contributed by atoms with Gasteiger partial charge in [0.25, 0.3) is 0 Å². The number of methoxy groups -OCH3 is 1. The van der Waals surface area contributed by atoms with Gasteiger partial charge in [-0.05, 0) is 38.5 Å². The third-order valence-corrected chi connectivity index (χ3v) is 4.32. The molecule has 0 amide bonds. The van der Waals surface area contributed by atoms with Crippen LogP contribution < -0.4 is 5.32 Å². The second-order valence-electron chi connectivity index (χ2n) is 4.69. The number of rotatable bonds is 4. The predicted octanol–water partition coefficient (Wildman–Crippen LogP) is 3.72. The van der Waals surface area contributed by atoms with Gasteiger partial charge in [-0.2, -0.15) is 0 Å². The van der Waals surface area contributed by atoms with Crippen molar-refractivity contribution in [3.63, 3.8) is 0 Å². The molecule has 5 heteroatoms. The molecule has 2 aromatic rings. The Bertz CT molecular complexity index is 622. The quantitative estimate of drug-likeness (QED) is 0.872. The molecule has 0 aliphatic heterocycles. The molecule has 0 aliphatic rings. The van der Waals surface area contributed by atoms with E-state index < -0.39 is 0 Å². The first-order valence-corrected chi connectivity index (χ1v) is 7.26. The standard InChI is InChI=1S/C15H18N2O2S/c1-9-5-6-12(15(18)19-4)7-13(9)17-11(3)14-10(2)16-8-20-14/h5-8,11,17H,1-4H3. The number of carbonyl (C=O) groups is 1. The number of hydrogen-bond donors (Lipinski definition) is 1. The number of ether oxygens (including phenoxy) is 1. The Hall–Kier alpha value is -1.88. The van der Waals surface area contributed by atoms with Crippen LogP contribution >= 0.6 is 11.3 Å². The molecule has 0 aliphatic carbocycles. The topological polar surface area (TPSA) is 51.2 Å². The monoisotopic (exact) mass is 290 g/mol. The molecule has 0 bridgehead atoms. The van der Waals surface area contributed by atoms with E-state index in [9.17, 15) is 4.79 Å². The van der Waals surface area contributed by atoms with Crippen molar-refractivity contribution in [2.75, 3.05) is 12.4 Å². The molecule has 0 saturated heterocycles. The van der Waals surface area contributed by atoms with E-state index in [1.54, 1.807) is 17.4 Å². The molecule has 0 saturated carbocycles. The van der Waals surface area contributed by atoms with E-state index >= 15 is 0 Å². The highest BCUT2D eigenvalue weighted by molar-refractivity contribution is 7.09. The van der Waals surface area contributed by atoms with Crippen LogP contribution in [0.3, 0.4) is 0 Å². The summed E-state index contributed by atoms with van der Waals surface area (Å²) in [7, 11) is 1.39. The van der Waals surface area contributed by atoms with Crippen molar-refractivity contribution < 1.29 is 9.53 Å². The van der Waals surface area contributed by atoms with Gasteiger partial charge in [0.1, 0.15) is 0 Å². The van der Waals surface area contributed by atoms with Crippen LogP contribution in [0, 0.1) is 13.8 Å². The fourth-order valence-corrected chi connectivity index (χ4v) is 2.86. The van der Waals surface area contributed by atoms with Gasteiger partial charge in [0.2, 0.25) is 0 Å². The number of aryl methyl sites for hydroxylation is 2. The molecule has 4 nitrogen and oxygen atoms in total. The van der Waals surface area contributed by atoms with Crippen molar-refractivity contribution in [3.8, 4) is 0 Å². The zero-order valence-corrected chi connectivity index (χ0v) is 12.9. The molecule has 1 aromatic heterocycles. The maximum atomic E-state index is 11.6. The van der Waals surface area contributed by atoms with Crippen molar-refractivity contribution in [1.29, 1.82) is 0 Å². The third-order valence-electron chi connectivity index (χ3n) is 3.21. The van der Waals surface area contributed by atoms with Gasteiger partial charge < -0.3 is 10.1 Å². The lowest BCUT2D eigenvalue weighted by atomic mass is 10.1. The summed E-state index contributed by atoms with van der Waals surface area (Å²) >= 11 is 1.63. The largest absolute Gasteiger partial charge is 0.465 e. The van der Waals surface area contributed by atoms with Gasteiger partial charge in [0.05, 0.1) is 29.9 Å². The predicted molar refractivity (Wildman–Crippen MR) is 81.4 cm³/mol. The third kappa shape index (κ3) is 2.99. The van der Waals surface area contributed by atoms with Gasteiger partial charge >= 0.3 is 5.97 Å². The minimum Gasteiger partial charge on any atom is -0.465 e. The first-order chi connectivity index (χ1) is 9.52. The second-order valence-corrected chi connectivity index (χ2v) is 5.58. The Morgan fingerprint density at radius 2 is 2.15 bits per heavy atom. The molecule has 1 N–H and O–H groups in total. The van der Waals surface area contributed by atoms with E-state index in [1.807, 2.05) is 31.5 Å². The van der Waals surface area contributed by atoms with E-state index in [0.29, 0.717) is 5.56 Å². The van der Waals surface area contributed by atoms with Crippen LogP contribution in [0.4, 0.5) is 5.69 Å². The summed E-state index contributed by atoms with van der Waals surface area (Å²) in [5.74, 6) is -0.324. The maximum Gasteiger partial charge on any atom is 0.337 e. The number of nitrogens with one attached hydrogen (secondary N) is 1. The highest BCUT2D eigenvalue weighted by Crippen LogP contribution is 2.27. The lowest BCUT2D eigenvalue weighted by Gasteiger charge is -2.17. The number of benzene rings is 1. The van der Waals surface area contributed by atoms with Gasteiger partial charge in [-0.1, -0.05) is 6.07 Å². The molecule has 0 radical (unpaired) electrons. The van der Waals surface area contributed by atoms with Crippen LogP contribution in [0.1, 0.15) is 39.5 Å². The van der Waals surface area contributed by atoms with E-state index in [1.165, 1.54) is 12.0 Å². The van der Waals surface area contributed by atoms with Crippen LogP contribution in [0.2, 0.25) is 0 Å². The van der Waals surface area contributed by atoms with Gasteiger partial charge in [-0.25, -0.2) is 9.78 Å². The Labute approximate surface area is 122 Å². The average molecular weight is 290 g/mol. The summed E-state index contributed by atoms with van der Waals surface area (Å²) in [6.07, 6.45) is 0. The molecule has 20 heavy (non-hydrogen) atoms. The van der Waals surface area contributed by atoms with E-state index in [2.05, 4.69) is 17.2 Å². The normalized spacial score (nSPS) is 12.0. The molecular weight excluding hydrogens is 272 g/mol. The van der Waals surface area contributed by atoms with Gasteiger partial charge in [0.15, 0.2) is 0 Å². The molecule has 0 spiro atoms. The average Bonchev–Trinajstić information content (AvgIpc) is 2.86. The van der Waals surface area contributed by atoms with Gasteiger partial charge in [0, 0.05) is 10.6 Å².